The lowest BCUT2D eigenvalue weighted by Gasteiger charge is -2.09. The summed E-state index contributed by atoms with van der Waals surface area (Å²) in [5.74, 6) is -0.126. The molecule has 2 N–H and O–H groups in total. The second kappa shape index (κ2) is 6.98. The average molecular weight is 341 g/mol. The Morgan fingerprint density at radius 3 is 2.71 bits per heavy atom. The Hall–Kier alpha value is -2.44. The number of nitrogens with zero attached hydrogens (tertiary/aromatic N) is 2. The van der Waals surface area contributed by atoms with E-state index in [0.29, 0.717) is 12.1 Å². The van der Waals surface area contributed by atoms with Gasteiger partial charge in [0.15, 0.2) is 5.13 Å². The predicted molar refractivity (Wildman–Crippen MR) is 94.5 cm³/mol. The third-order valence-electron chi connectivity index (χ3n) is 4.01. The van der Waals surface area contributed by atoms with Crippen molar-refractivity contribution in [3.63, 3.8) is 0 Å². The number of nitrogens with one attached hydrogen (secondary N) is 1. The number of hydrogen-bond acceptors (Lipinski definition) is 4. The van der Waals surface area contributed by atoms with Crippen LogP contribution in [0, 0.1) is 13.8 Å². The molecule has 0 aliphatic rings. The second-order valence-corrected chi connectivity index (χ2v) is 6.42. The molecule has 5 nitrogen and oxygen atoms in total. The van der Waals surface area contributed by atoms with E-state index >= 15 is 0 Å². The molecule has 1 amide bonds. The van der Waals surface area contributed by atoms with Crippen LogP contribution in [0.4, 0.5) is 0 Å². The second-order valence-electron chi connectivity index (χ2n) is 5.54. The lowest BCUT2D eigenvalue weighted by molar-refractivity contribution is 0.0950. The topological polar surface area (TPSA) is 67.2 Å². The van der Waals surface area contributed by atoms with Gasteiger partial charge in [-0.25, -0.2) is 4.98 Å². The highest BCUT2D eigenvalue weighted by molar-refractivity contribution is 7.12. The molecule has 0 aliphatic carbocycles. The van der Waals surface area contributed by atoms with Crippen molar-refractivity contribution in [1.82, 2.24) is 14.9 Å². The Bertz CT molecular complexity index is 853. The lowest BCUT2D eigenvalue weighted by atomic mass is 10.1. The van der Waals surface area contributed by atoms with E-state index in [0.717, 1.165) is 27.6 Å². The quantitative estimate of drug-likeness (QED) is 0.750. The van der Waals surface area contributed by atoms with E-state index in [4.69, 9.17) is 0 Å². The minimum Gasteiger partial charge on any atom is -0.392 e. The van der Waals surface area contributed by atoms with Crippen molar-refractivity contribution in [2.75, 3.05) is 0 Å². The van der Waals surface area contributed by atoms with Gasteiger partial charge in [-0.1, -0.05) is 24.3 Å². The largest absolute Gasteiger partial charge is 0.392 e. The summed E-state index contributed by atoms with van der Waals surface area (Å²) in [7, 11) is 0. The van der Waals surface area contributed by atoms with Crippen LogP contribution in [-0.4, -0.2) is 20.6 Å². The van der Waals surface area contributed by atoms with Crippen LogP contribution < -0.4 is 5.32 Å². The normalized spacial score (nSPS) is 10.8. The van der Waals surface area contributed by atoms with Crippen molar-refractivity contribution in [3.8, 4) is 5.13 Å². The molecule has 2 aromatic heterocycles. The van der Waals surface area contributed by atoms with Crippen LogP contribution in [0.2, 0.25) is 0 Å². The van der Waals surface area contributed by atoms with Crippen molar-refractivity contribution < 1.29 is 9.90 Å². The van der Waals surface area contributed by atoms with Crippen LogP contribution in [0.5, 0.6) is 0 Å². The number of amides is 1. The minimum absolute atomic E-state index is 0.0371. The fourth-order valence-electron chi connectivity index (χ4n) is 2.77. The molecular formula is C18H19N3O2S. The molecule has 0 atom stereocenters. The molecule has 0 bridgehead atoms. The molecule has 24 heavy (non-hydrogen) atoms. The summed E-state index contributed by atoms with van der Waals surface area (Å²) in [6.45, 7) is 4.23. The summed E-state index contributed by atoms with van der Waals surface area (Å²) in [5, 5.41) is 15.1. The average Bonchev–Trinajstić information content (AvgIpc) is 3.20. The summed E-state index contributed by atoms with van der Waals surface area (Å²) in [4.78, 5) is 16.9. The van der Waals surface area contributed by atoms with Gasteiger partial charge >= 0.3 is 0 Å². The number of carbonyl (C=O) groups excluding carboxylic acids is 1. The van der Waals surface area contributed by atoms with Crippen LogP contribution in [0.3, 0.4) is 0 Å². The standard InChI is InChI=1S/C18H19N3O2S/c1-12-9-16(13(2)21(12)18-19-7-8-24-18)17(23)20-10-14-5-3-4-6-15(14)11-22/h3-9,22H,10-11H2,1-2H3,(H,20,23). The molecule has 0 saturated heterocycles. The van der Waals surface area contributed by atoms with Gasteiger partial charge in [-0.3, -0.25) is 9.36 Å². The number of rotatable bonds is 5. The number of carbonyl (C=O) groups is 1. The van der Waals surface area contributed by atoms with E-state index in [2.05, 4.69) is 10.3 Å². The van der Waals surface area contributed by atoms with Crippen LogP contribution >= 0.6 is 11.3 Å². The first-order valence-electron chi connectivity index (χ1n) is 7.66. The monoisotopic (exact) mass is 341 g/mol. The van der Waals surface area contributed by atoms with Gasteiger partial charge in [-0.15, -0.1) is 11.3 Å². The number of aromatic nitrogens is 2. The van der Waals surface area contributed by atoms with E-state index in [1.165, 1.54) is 11.3 Å². The SMILES string of the molecule is Cc1cc(C(=O)NCc2ccccc2CO)c(C)n1-c1nccs1. The Balaban J connectivity index is 1.80. The number of benzene rings is 1. The first kappa shape index (κ1) is 16.4. The first-order valence-corrected chi connectivity index (χ1v) is 8.54. The van der Waals surface area contributed by atoms with E-state index in [9.17, 15) is 9.90 Å². The van der Waals surface area contributed by atoms with E-state index in [1.807, 2.05) is 54.1 Å². The van der Waals surface area contributed by atoms with Crippen molar-refractivity contribution in [1.29, 1.82) is 0 Å². The number of aryl methyl sites for hydroxylation is 1. The summed E-state index contributed by atoms with van der Waals surface area (Å²) >= 11 is 1.54. The van der Waals surface area contributed by atoms with Crippen molar-refractivity contribution >= 4 is 17.2 Å². The third kappa shape index (κ3) is 3.11. The maximum atomic E-state index is 12.6. The van der Waals surface area contributed by atoms with Crippen LogP contribution in [0.15, 0.2) is 41.9 Å². The summed E-state index contributed by atoms with van der Waals surface area (Å²) in [6, 6.07) is 9.41. The summed E-state index contributed by atoms with van der Waals surface area (Å²) in [5.41, 5.74) is 4.23. The Morgan fingerprint density at radius 1 is 1.29 bits per heavy atom. The van der Waals surface area contributed by atoms with E-state index < -0.39 is 0 Å². The highest BCUT2D eigenvalue weighted by Crippen LogP contribution is 2.22. The lowest BCUT2D eigenvalue weighted by Crippen LogP contribution is -2.24. The van der Waals surface area contributed by atoms with E-state index in [-0.39, 0.29) is 12.5 Å². The molecule has 0 aliphatic heterocycles. The fourth-order valence-corrected chi connectivity index (χ4v) is 3.52. The molecule has 0 unspecified atom stereocenters. The van der Waals surface area contributed by atoms with Gasteiger partial charge in [-0.05, 0) is 31.0 Å². The van der Waals surface area contributed by atoms with Gasteiger partial charge in [0, 0.05) is 29.5 Å². The van der Waals surface area contributed by atoms with Gasteiger partial charge < -0.3 is 10.4 Å². The zero-order valence-electron chi connectivity index (χ0n) is 13.6. The molecule has 0 saturated carbocycles. The van der Waals surface area contributed by atoms with E-state index in [1.54, 1.807) is 6.20 Å². The van der Waals surface area contributed by atoms with Crippen molar-refractivity contribution in [2.24, 2.45) is 0 Å². The van der Waals surface area contributed by atoms with Crippen LogP contribution in [0.1, 0.15) is 32.9 Å². The molecule has 0 radical (unpaired) electrons. The molecule has 0 spiro atoms. The summed E-state index contributed by atoms with van der Waals surface area (Å²) < 4.78 is 1.99. The van der Waals surface area contributed by atoms with Crippen LogP contribution in [0.25, 0.3) is 5.13 Å². The molecular weight excluding hydrogens is 322 g/mol. The smallest absolute Gasteiger partial charge is 0.253 e. The van der Waals surface area contributed by atoms with Gasteiger partial charge in [0.1, 0.15) is 0 Å². The Morgan fingerprint density at radius 2 is 2.04 bits per heavy atom. The molecule has 3 aromatic rings. The molecule has 0 fully saturated rings. The van der Waals surface area contributed by atoms with Crippen molar-refractivity contribution in [3.05, 3.63) is 70.0 Å². The number of aliphatic hydroxyl groups excluding tert-OH is 1. The molecule has 1 aromatic carbocycles. The zero-order chi connectivity index (χ0) is 17.1. The van der Waals surface area contributed by atoms with Gasteiger partial charge in [-0.2, -0.15) is 0 Å². The molecule has 124 valence electrons. The van der Waals surface area contributed by atoms with Gasteiger partial charge in [0.2, 0.25) is 0 Å². The number of aliphatic hydroxyl groups is 1. The van der Waals surface area contributed by atoms with Crippen LogP contribution in [-0.2, 0) is 13.2 Å². The molecule has 3 rings (SSSR count). The van der Waals surface area contributed by atoms with Gasteiger partial charge in [0.05, 0.1) is 12.2 Å². The zero-order valence-corrected chi connectivity index (χ0v) is 14.4. The highest BCUT2D eigenvalue weighted by Gasteiger charge is 2.17. The predicted octanol–water partition coefficient (Wildman–Crippen LogP) is 2.97. The molecule has 6 heteroatoms. The van der Waals surface area contributed by atoms with Crippen molar-refractivity contribution in [2.45, 2.75) is 27.0 Å². The maximum absolute atomic E-state index is 12.6. The first-order chi connectivity index (χ1) is 11.6. The third-order valence-corrected chi connectivity index (χ3v) is 4.77. The maximum Gasteiger partial charge on any atom is 0.253 e. The minimum atomic E-state index is -0.126. The fraction of sp³-hybridized carbons (Fsp3) is 0.222. The number of thiazole rings is 1. The molecule has 2 heterocycles. The highest BCUT2D eigenvalue weighted by atomic mass is 32.1. The Kier molecular flexibility index (Phi) is 4.78. The summed E-state index contributed by atoms with van der Waals surface area (Å²) in [6.07, 6.45) is 1.75. The van der Waals surface area contributed by atoms with Gasteiger partial charge in [0.25, 0.3) is 5.91 Å². The Labute approximate surface area is 144 Å². The number of hydrogen-bond donors (Lipinski definition) is 2.